The Morgan fingerprint density at radius 2 is 1.89 bits per heavy atom. The van der Waals surface area contributed by atoms with E-state index < -0.39 is 11.9 Å². The lowest BCUT2D eigenvalue weighted by molar-refractivity contribution is -0.139. The zero-order valence-electron chi connectivity index (χ0n) is 11.1. The standard InChI is InChI=1S/C14H19ClO3/c1-8(2)13(14(16)17)10-5-6-12(11(15)7-10)18-9(3)4/h5-9,13H,1-4H3,(H,16,17). The predicted molar refractivity (Wildman–Crippen MR) is 72.4 cm³/mol. The number of ether oxygens (including phenoxy) is 1. The maximum atomic E-state index is 11.2. The number of hydrogen-bond acceptors (Lipinski definition) is 2. The first-order valence-corrected chi connectivity index (χ1v) is 6.39. The van der Waals surface area contributed by atoms with Crippen LogP contribution in [0.4, 0.5) is 0 Å². The molecule has 0 aliphatic heterocycles. The van der Waals surface area contributed by atoms with Crippen molar-refractivity contribution in [1.29, 1.82) is 0 Å². The van der Waals surface area contributed by atoms with Gasteiger partial charge in [0, 0.05) is 0 Å². The molecule has 0 spiro atoms. The van der Waals surface area contributed by atoms with E-state index in [2.05, 4.69) is 0 Å². The molecule has 0 radical (unpaired) electrons. The first kappa shape index (κ1) is 14.8. The van der Waals surface area contributed by atoms with Crippen LogP contribution in [0.2, 0.25) is 5.02 Å². The normalized spacial score (nSPS) is 12.8. The second-order valence-corrected chi connectivity index (χ2v) is 5.32. The Kier molecular flexibility index (Phi) is 5.03. The summed E-state index contributed by atoms with van der Waals surface area (Å²) in [6, 6.07) is 5.18. The minimum Gasteiger partial charge on any atom is -0.489 e. The summed E-state index contributed by atoms with van der Waals surface area (Å²) in [7, 11) is 0. The number of hydrogen-bond donors (Lipinski definition) is 1. The summed E-state index contributed by atoms with van der Waals surface area (Å²) >= 11 is 6.11. The zero-order valence-corrected chi connectivity index (χ0v) is 11.9. The lowest BCUT2D eigenvalue weighted by Gasteiger charge is -2.18. The van der Waals surface area contributed by atoms with E-state index in [0.29, 0.717) is 16.3 Å². The SMILES string of the molecule is CC(C)Oc1ccc(C(C(=O)O)C(C)C)cc1Cl. The summed E-state index contributed by atoms with van der Waals surface area (Å²) in [4.78, 5) is 11.2. The van der Waals surface area contributed by atoms with Gasteiger partial charge in [0.15, 0.2) is 0 Å². The van der Waals surface area contributed by atoms with Crippen LogP contribution in [-0.4, -0.2) is 17.2 Å². The topological polar surface area (TPSA) is 46.5 Å². The number of aliphatic carboxylic acids is 1. The maximum absolute atomic E-state index is 11.2. The summed E-state index contributed by atoms with van der Waals surface area (Å²) in [6.45, 7) is 7.59. The second-order valence-electron chi connectivity index (χ2n) is 4.92. The number of rotatable bonds is 5. The van der Waals surface area contributed by atoms with Crippen molar-refractivity contribution in [1.82, 2.24) is 0 Å². The smallest absolute Gasteiger partial charge is 0.311 e. The van der Waals surface area contributed by atoms with Crippen molar-refractivity contribution in [3.8, 4) is 5.75 Å². The van der Waals surface area contributed by atoms with Crippen LogP contribution in [0, 0.1) is 5.92 Å². The van der Waals surface area contributed by atoms with Crippen molar-refractivity contribution in [2.75, 3.05) is 0 Å². The highest BCUT2D eigenvalue weighted by Crippen LogP contribution is 2.32. The van der Waals surface area contributed by atoms with Crippen molar-refractivity contribution >= 4 is 17.6 Å². The molecule has 4 heteroatoms. The summed E-state index contributed by atoms with van der Waals surface area (Å²) in [6.07, 6.45) is 0.0359. The van der Waals surface area contributed by atoms with E-state index in [1.54, 1.807) is 18.2 Å². The molecule has 3 nitrogen and oxygen atoms in total. The Balaban J connectivity index is 3.05. The molecule has 0 aliphatic rings. The van der Waals surface area contributed by atoms with Gasteiger partial charge in [-0.25, -0.2) is 0 Å². The molecule has 100 valence electrons. The van der Waals surface area contributed by atoms with E-state index in [1.165, 1.54) is 0 Å². The van der Waals surface area contributed by atoms with Gasteiger partial charge in [-0.05, 0) is 37.5 Å². The highest BCUT2D eigenvalue weighted by molar-refractivity contribution is 6.32. The van der Waals surface area contributed by atoms with Crippen molar-refractivity contribution in [3.05, 3.63) is 28.8 Å². The molecule has 0 bridgehead atoms. The van der Waals surface area contributed by atoms with E-state index in [4.69, 9.17) is 16.3 Å². The van der Waals surface area contributed by atoms with E-state index in [-0.39, 0.29) is 12.0 Å². The van der Waals surface area contributed by atoms with Crippen LogP contribution in [0.1, 0.15) is 39.2 Å². The molecule has 1 atom stereocenters. The van der Waals surface area contributed by atoms with Crippen LogP contribution in [0.3, 0.4) is 0 Å². The Morgan fingerprint density at radius 1 is 1.28 bits per heavy atom. The molecule has 0 amide bonds. The third-order valence-electron chi connectivity index (χ3n) is 2.61. The van der Waals surface area contributed by atoms with Gasteiger partial charge in [-0.1, -0.05) is 31.5 Å². The van der Waals surface area contributed by atoms with E-state index in [1.807, 2.05) is 27.7 Å². The van der Waals surface area contributed by atoms with Crippen LogP contribution in [-0.2, 0) is 4.79 Å². The Labute approximate surface area is 113 Å². The molecule has 18 heavy (non-hydrogen) atoms. The molecular weight excluding hydrogens is 252 g/mol. The minimum atomic E-state index is -0.835. The van der Waals surface area contributed by atoms with Gasteiger partial charge in [0.25, 0.3) is 0 Å². The first-order chi connectivity index (χ1) is 8.32. The molecule has 0 heterocycles. The van der Waals surface area contributed by atoms with Crippen molar-refractivity contribution in [2.45, 2.75) is 39.7 Å². The van der Waals surface area contributed by atoms with Crippen molar-refractivity contribution in [2.24, 2.45) is 5.92 Å². The molecule has 1 N–H and O–H groups in total. The number of carboxylic acids is 1. The monoisotopic (exact) mass is 270 g/mol. The Bertz CT molecular complexity index is 427. The van der Waals surface area contributed by atoms with Crippen LogP contribution >= 0.6 is 11.6 Å². The fourth-order valence-corrected chi connectivity index (χ4v) is 2.11. The molecular formula is C14H19ClO3. The van der Waals surface area contributed by atoms with Gasteiger partial charge in [0.05, 0.1) is 17.0 Å². The molecule has 0 saturated carbocycles. The molecule has 1 rings (SSSR count). The predicted octanol–water partition coefficient (Wildman–Crippen LogP) is 3.95. The second kappa shape index (κ2) is 6.10. The minimum absolute atomic E-state index is 0.00966. The number of benzene rings is 1. The molecule has 1 unspecified atom stereocenters. The van der Waals surface area contributed by atoms with E-state index >= 15 is 0 Å². The lowest BCUT2D eigenvalue weighted by Crippen LogP contribution is -2.17. The maximum Gasteiger partial charge on any atom is 0.311 e. The quantitative estimate of drug-likeness (QED) is 0.881. The number of halogens is 1. The van der Waals surface area contributed by atoms with Gasteiger partial charge < -0.3 is 9.84 Å². The first-order valence-electron chi connectivity index (χ1n) is 6.01. The van der Waals surface area contributed by atoms with Gasteiger partial charge in [-0.2, -0.15) is 0 Å². The van der Waals surface area contributed by atoms with Crippen LogP contribution in [0.25, 0.3) is 0 Å². The average Bonchev–Trinajstić information content (AvgIpc) is 2.20. The molecule has 0 saturated heterocycles. The van der Waals surface area contributed by atoms with Gasteiger partial charge in [0.1, 0.15) is 5.75 Å². The van der Waals surface area contributed by atoms with Crippen molar-refractivity contribution in [3.63, 3.8) is 0 Å². The summed E-state index contributed by atoms with van der Waals surface area (Å²) in [5.41, 5.74) is 0.707. The van der Waals surface area contributed by atoms with Crippen LogP contribution in [0.5, 0.6) is 5.75 Å². The Hall–Kier alpha value is -1.22. The van der Waals surface area contributed by atoms with Gasteiger partial charge in [-0.15, -0.1) is 0 Å². The third kappa shape index (κ3) is 3.64. The fourth-order valence-electron chi connectivity index (χ4n) is 1.87. The average molecular weight is 271 g/mol. The summed E-state index contributed by atoms with van der Waals surface area (Å²) in [5, 5.41) is 9.68. The molecule has 0 aliphatic carbocycles. The van der Waals surface area contributed by atoms with E-state index in [9.17, 15) is 9.90 Å². The van der Waals surface area contributed by atoms with Gasteiger partial charge in [0.2, 0.25) is 0 Å². The lowest BCUT2D eigenvalue weighted by atomic mass is 9.88. The largest absolute Gasteiger partial charge is 0.489 e. The molecule has 1 aromatic rings. The summed E-state index contributed by atoms with van der Waals surface area (Å²) < 4.78 is 5.52. The molecule has 0 aromatic heterocycles. The van der Waals surface area contributed by atoms with Gasteiger partial charge >= 0.3 is 5.97 Å². The summed E-state index contributed by atoms with van der Waals surface area (Å²) in [5.74, 6) is -0.784. The van der Waals surface area contributed by atoms with E-state index in [0.717, 1.165) is 0 Å². The zero-order chi connectivity index (χ0) is 13.9. The molecule has 0 fully saturated rings. The number of carbonyl (C=O) groups is 1. The Morgan fingerprint density at radius 3 is 2.28 bits per heavy atom. The highest BCUT2D eigenvalue weighted by atomic mass is 35.5. The highest BCUT2D eigenvalue weighted by Gasteiger charge is 2.24. The van der Waals surface area contributed by atoms with Crippen LogP contribution < -0.4 is 4.74 Å². The number of carboxylic acid groups (broad SMARTS) is 1. The fraction of sp³-hybridized carbons (Fsp3) is 0.500. The third-order valence-corrected chi connectivity index (χ3v) is 2.91. The van der Waals surface area contributed by atoms with Gasteiger partial charge in [-0.3, -0.25) is 4.79 Å². The van der Waals surface area contributed by atoms with Crippen molar-refractivity contribution < 1.29 is 14.6 Å². The van der Waals surface area contributed by atoms with Crippen LogP contribution in [0.15, 0.2) is 18.2 Å². The molecule has 1 aromatic carbocycles.